The van der Waals surface area contributed by atoms with E-state index in [1.165, 1.54) is 0 Å². The van der Waals surface area contributed by atoms with Crippen LogP contribution in [0.15, 0.2) is 42.5 Å². The molecular formula is C19H19NO4. The van der Waals surface area contributed by atoms with Crippen molar-refractivity contribution in [3.8, 4) is 11.6 Å². The maximum Gasteiger partial charge on any atom is 0.308 e. The van der Waals surface area contributed by atoms with Crippen molar-refractivity contribution in [2.24, 2.45) is 7.05 Å². The second-order valence-corrected chi connectivity index (χ2v) is 5.77. The summed E-state index contributed by atoms with van der Waals surface area (Å²) in [6, 6.07) is 13.6. The fraction of sp³-hybridized carbons (Fsp3) is 0.211. The van der Waals surface area contributed by atoms with E-state index in [9.17, 15) is 15.0 Å². The van der Waals surface area contributed by atoms with Crippen LogP contribution in [0.1, 0.15) is 16.7 Å². The summed E-state index contributed by atoms with van der Waals surface area (Å²) in [5, 5.41) is 20.4. The van der Waals surface area contributed by atoms with Gasteiger partial charge in [0, 0.05) is 24.1 Å². The molecule has 0 aliphatic heterocycles. The summed E-state index contributed by atoms with van der Waals surface area (Å²) in [4.78, 5) is 11.2. The number of benzene rings is 2. The molecule has 0 aliphatic carbocycles. The first-order valence-electron chi connectivity index (χ1n) is 7.64. The van der Waals surface area contributed by atoms with E-state index in [0.29, 0.717) is 17.7 Å². The SMILES string of the molecule is COc1cc(Cc2ccccc2)c2c(CC(=O)O)c(O)n(C)c2c1. The Labute approximate surface area is 139 Å². The minimum atomic E-state index is -0.973. The van der Waals surface area contributed by atoms with Gasteiger partial charge in [0.05, 0.1) is 19.0 Å². The highest BCUT2D eigenvalue weighted by Gasteiger charge is 2.21. The summed E-state index contributed by atoms with van der Waals surface area (Å²) >= 11 is 0. The number of methoxy groups -OCH3 is 1. The van der Waals surface area contributed by atoms with Crippen molar-refractivity contribution in [1.29, 1.82) is 0 Å². The van der Waals surface area contributed by atoms with Gasteiger partial charge in [-0.15, -0.1) is 0 Å². The van der Waals surface area contributed by atoms with Gasteiger partial charge in [-0.05, 0) is 23.6 Å². The summed E-state index contributed by atoms with van der Waals surface area (Å²) in [6.45, 7) is 0. The molecule has 5 nitrogen and oxygen atoms in total. The van der Waals surface area contributed by atoms with E-state index < -0.39 is 5.97 Å². The Morgan fingerprint density at radius 3 is 2.54 bits per heavy atom. The lowest BCUT2D eigenvalue weighted by Crippen LogP contribution is -2.01. The van der Waals surface area contributed by atoms with Gasteiger partial charge in [-0.2, -0.15) is 0 Å². The van der Waals surface area contributed by atoms with E-state index in [1.54, 1.807) is 18.7 Å². The molecule has 0 unspecified atom stereocenters. The molecule has 1 aromatic heterocycles. The lowest BCUT2D eigenvalue weighted by atomic mass is 9.97. The number of fused-ring (bicyclic) bond motifs is 1. The number of carbonyl (C=O) groups is 1. The lowest BCUT2D eigenvalue weighted by Gasteiger charge is -2.09. The van der Waals surface area contributed by atoms with Gasteiger partial charge in [-0.1, -0.05) is 30.3 Å². The number of rotatable bonds is 5. The van der Waals surface area contributed by atoms with Crippen LogP contribution >= 0.6 is 0 Å². The summed E-state index contributed by atoms with van der Waals surface area (Å²) in [5.74, 6) is -0.315. The monoisotopic (exact) mass is 325 g/mol. The molecule has 0 fully saturated rings. The highest BCUT2D eigenvalue weighted by molar-refractivity contribution is 5.94. The largest absolute Gasteiger partial charge is 0.497 e. The molecule has 0 bridgehead atoms. The molecule has 5 heteroatoms. The molecule has 0 saturated heterocycles. The van der Waals surface area contributed by atoms with E-state index in [-0.39, 0.29) is 12.3 Å². The molecule has 24 heavy (non-hydrogen) atoms. The van der Waals surface area contributed by atoms with Gasteiger partial charge >= 0.3 is 5.97 Å². The van der Waals surface area contributed by atoms with Crippen molar-refractivity contribution in [3.63, 3.8) is 0 Å². The number of hydrogen-bond acceptors (Lipinski definition) is 3. The van der Waals surface area contributed by atoms with Gasteiger partial charge in [0.2, 0.25) is 0 Å². The maximum absolute atomic E-state index is 11.2. The van der Waals surface area contributed by atoms with Crippen molar-refractivity contribution >= 4 is 16.9 Å². The second kappa shape index (κ2) is 6.28. The average Bonchev–Trinajstić information content (AvgIpc) is 2.80. The zero-order chi connectivity index (χ0) is 17.3. The van der Waals surface area contributed by atoms with Crippen molar-refractivity contribution < 1.29 is 19.7 Å². The third kappa shape index (κ3) is 2.80. The number of aryl methyl sites for hydroxylation is 1. The van der Waals surface area contributed by atoms with Crippen LogP contribution in [-0.4, -0.2) is 27.9 Å². The molecule has 0 aliphatic rings. The Morgan fingerprint density at radius 1 is 1.21 bits per heavy atom. The number of carboxylic acid groups (broad SMARTS) is 1. The zero-order valence-corrected chi connectivity index (χ0v) is 13.6. The Bertz CT molecular complexity index is 897. The Hall–Kier alpha value is -2.95. The van der Waals surface area contributed by atoms with E-state index in [0.717, 1.165) is 22.0 Å². The lowest BCUT2D eigenvalue weighted by molar-refractivity contribution is -0.136. The predicted octanol–water partition coefficient (Wildman–Crippen LogP) is 3.11. The summed E-state index contributed by atoms with van der Waals surface area (Å²) in [7, 11) is 3.31. The van der Waals surface area contributed by atoms with E-state index >= 15 is 0 Å². The van der Waals surface area contributed by atoms with E-state index in [2.05, 4.69) is 0 Å². The molecule has 0 saturated carbocycles. The number of aromatic nitrogens is 1. The van der Waals surface area contributed by atoms with Crippen LogP contribution in [0.5, 0.6) is 11.6 Å². The number of hydrogen-bond donors (Lipinski definition) is 2. The van der Waals surface area contributed by atoms with Crippen LogP contribution in [0.3, 0.4) is 0 Å². The second-order valence-electron chi connectivity index (χ2n) is 5.77. The average molecular weight is 325 g/mol. The molecule has 3 rings (SSSR count). The quantitative estimate of drug-likeness (QED) is 0.756. The van der Waals surface area contributed by atoms with Crippen LogP contribution in [0.4, 0.5) is 0 Å². The van der Waals surface area contributed by atoms with Crippen LogP contribution in [0, 0.1) is 0 Å². The van der Waals surface area contributed by atoms with Gasteiger partial charge in [-0.3, -0.25) is 4.79 Å². The van der Waals surface area contributed by atoms with E-state index in [1.807, 2.05) is 42.5 Å². The first-order valence-corrected chi connectivity index (χ1v) is 7.64. The molecule has 124 valence electrons. The summed E-state index contributed by atoms with van der Waals surface area (Å²) in [5.41, 5.74) is 3.24. The topological polar surface area (TPSA) is 71.7 Å². The van der Waals surface area contributed by atoms with Crippen LogP contribution in [-0.2, 0) is 24.7 Å². The summed E-state index contributed by atoms with van der Waals surface area (Å²) in [6.07, 6.45) is 0.405. The van der Waals surface area contributed by atoms with Gasteiger partial charge in [-0.25, -0.2) is 0 Å². The van der Waals surface area contributed by atoms with Crippen molar-refractivity contribution in [2.45, 2.75) is 12.8 Å². The van der Waals surface area contributed by atoms with Gasteiger partial charge in [0.1, 0.15) is 5.75 Å². The minimum Gasteiger partial charge on any atom is -0.497 e. The number of aliphatic carboxylic acids is 1. The molecule has 1 heterocycles. The van der Waals surface area contributed by atoms with Crippen molar-refractivity contribution in [1.82, 2.24) is 4.57 Å². The van der Waals surface area contributed by atoms with Crippen LogP contribution in [0.25, 0.3) is 10.9 Å². The number of aromatic hydroxyl groups is 1. The van der Waals surface area contributed by atoms with Crippen LogP contribution < -0.4 is 4.74 Å². The number of carboxylic acids is 1. The molecule has 3 aromatic rings. The molecule has 0 spiro atoms. The number of nitrogens with zero attached hydrogens (tertiary/aromatic N) is 1. The Kier molecular flexibility index (Phi) is 4.16. The molecule has 0 atom stereocenters. The molecule has 0 amide bonds. The molecular weight excluding hydrogens is 306 g/mol. The third-order valence-corrected chi connectivity index (χ3v) is 4.22. The molecule has 2 aromatic carbocycles. The Balaban J connectivity index is 2.25. The number of ether oxygens (including phenoxy) is 1. The highest BCUT2D eigenvalue weighted by atomic mass is 16.5. The smallest absolute Gasteiger partial charge is 0.308 e. The minimum absolute atomic E-state index is 0.0186. The zero-order valence-electron chi connectivity index (χ0n) is 13.6. The molecule has 2 N–H and O–H groups in total. The van der Waals surface area contributed by atoms with Crippen molar-refractivity contribution in [2.75, 3.05) is 7.11 Å². The van der Waals surface area contributed by atoms with E-state index in [4.69, 9.17) is 4.74 Å². The third-order valence-electron chi connectivity index (χ3n) is 4.22. The standard InChI is InChI=1S/C19H19NO4/c1-20-16-10-14(24-2)9-13(8-12-6-4-3-5-7-12)18(16)15(19(20)23)11-17(21)22/h3-7,9-10,23H,8,11H2,1-2H3,(H,21,22). The fourth-order valence-corrected chi connectivity index (χ4v) is 3.09. The maximum atomic E-state index is 11.2. The first-order chi connectivity index (χ1) is 11.5. The molecule has 0 radical (unpaired) electrons. The van der Waals surface area contributed by atoms with Crippen LogP contribution in [0.2, 0.25) is 0 Å². The fourth-order valence-electron chi connectivity index (χ4n) is 3.09. The predicted molar refractivity (Wildman–Crippen MR) is 91.7 cm³/mol. The highest BCUT2D eigenvalue weighted by Crippen LogP contribution is 2.36. The first kappa shape index (κ1) is 15.9. The Morgan fingerprint density at radius 2 is 1.92 bits per heavy atom. The van der Waals surface area contributed by atoms with Gasteiger partial charge in [0.25, 0.3) is 0 Å². The normalized spacial score (nSPS) is 10.9. The van der Waals surface area contributed by atoms with Crippen molar-refractivity contribution in [3.05, 3.63) is 59.2 Å². The summed E-state index contributed by atoms with van der Waals surface area (Å²) < 4.78 is 6.98. The van der Waals surface area contributed by atoms with Gasteiger partial charge < -0.3 is 19.5 Å². The van der Waals surface area contributed by atoms with Gasteiger partial charge in [0.15, 0.2) is 5.88 Å².